The van der Waals surface area contributed by atoms with Gasteiger partial charge >= 0.3 is 0 Å². The second kappa shape index (κ2) is 8.16. The molecule has 26 heavy (non-hydrogen) atoms. The van der Waals surface area contributed by atoms with Gasteiger partial charge in [-0.05, 0) is 12.8 Å². The number of fused-ring (bicyclic) bond motifs is 1. The van der Waals surface area contributed by atoms with Crippen LogP contribution in [0.3, 0.4) is 0 Å². The Morgan fingerprint density at radius 2 is 2.04 bits per heavy atom. The molecule has 2 aliphatic rings. The molecule has 1 unspecified atom stereocenters. The highest BCUT2D eigenvalue weighted by Gasteiger charge is 2.38. The third-order valence-electron chi connectivity index (χ3n) is 5.27. The van der Waals surface area contributed by atoms with Crippen molar-refractivity contribution in [1.29, 1.82) is 0 Å². The first-order valence-corrected chi connectivity index (χ1v) is 11.0. The molecule has 1 atom stereocenters. The third-order valence-corrected chi connectivity index (χ3v) is 7.47. The van der Waals surface area contributed by atoms with Gasteiger partial charge in [-0.2, -0.15) is 17.0 Å². The van der Waals surface area contributed by atoms with Gasteiger partial charge in [0.25, 0.3) is 10.2 Å². The molecule has 8 nitrogen and oxygen atoms in total. The van der Waals surface area contributed by atoms with E-state index in [2.05, 4.69) is 10.6 Å². The van der Waals surface area contributed by atoms with Crippen molar-refractivity contribution < 1.29 is 8.42 Å². The van der Waals surface area contributed by atoms with Crippen molar-refractivity contribution in [1.82, 2.24) is 23.9 Å². The van der Waals surface area contributed by atoms with Gasteiger partial charge in [-0.25, -0.2) is 9.97 Å². The molecule has 0 bridgehead atoms. The van der Waals surface area contributed by atoms with Crippen LogP contribution in [-0.2, 0) is 23.2 Å². The fraction of sp³-hybridized carbons (Fsp3) is 0.765. The lowest BCUT2D eigenvalue weighted by molar-refractivity contribution is 0.227. The molecular weight excluding hydrogens is 352 g/mol. The molecule has 1 aromatic heterocycles. The van der Waals surface area contributed by atoms with E-state index in [4.69, 9.17) is 9.97 Å². The van der Waals surface area contributed by atoms with E-state index in [0.29, 0.717) is 25.5 Å². The molecule has 0 saturated carbocycles. The molecular formula is C17H30N6O2S. The van der Waals surface area contributed by atoms with Crippen molar-refractivity contribution in [3.63, 3.8) is 0 Å². The molecule has 0 amide bonds. The van der Waals surface area contributed by atoms with Crippen molar-refractivity contribution >= 4 is 16.0 Å². The van der Waals surface area contributed by atoms with Gasteiger partial charge in [-0.3, -0.25) is 0 Å². The summed E-state index contributed by atoms with van der Waals surface area (Å²) in [7, 11) is -1.66. The minimum absolute atomic E-state index is 0.290. The smallest absolute Gasteiger partial charge is 0.282 e. The normalized spacial score (nSPS) is 21.6. The molecule has 2 N–H and O–H groups in total. The quantitative estimate of drug-likeness (QED) is 0.770. The van der Waals surface area contributed by atoms with Crippen molar-refractivity contribution in [3.8, 4) is 0 Å². The molecule has 1 fully saturated rings. The summed E-state index contributed by atoms with van der Waals surface area (Å²) in [5.41, 5.74) is 2.13. The van der Waals surface area contributed by atoms with E-state index in [-0.39, 0.29) is 6.04 Å². The molecule has 0 aliphatic carbocycles. The average molecular weight is 383 g/mol. The molecule has 0 aromatic carbocycles. The zero-order valence-corrected chi connectivity index (χ0v) is 16.8. The van der Waals surface area contributed by atoms with Gasteiger partial charge in [-0.15, -0.1) is 0 Å². The van der Waals surface area contributed by atoms with Crippen LogP contribution in [0.4, 0.5) is 5.82 Å². The topological polar surface area (TPSA) is 90.5 Å². The lowest BCUT2D eigenvalue weighted by Gasteiger charge is -2.37. The van der Waals surface area contributed by atoms with E-state index in [9.17, 15) is 8.42 Å². The number of aromatic nitrogens is 2. The van der Waals surface area contributed by atoms with E-state index in [1.807, 2.05) is 20.9 Å². The predicted octanol–water partition coefficient (Wildman–Crippen LogP) is 1.28. The molecule has 0 spiro atoms. The van der Waals surface area contributed by atoms with Gasteiger partial charge < -0.3 is 10.6 Å². The van der Waals surface area contributed by atoms with Gasteiger partial charge in [0.2, 0.25) is 0 Å². The largest absolute Gasteiger partial charge is 0.373 e. The zero-order valence-electron chi connectivity index (χ0n) is 16.0. The number of hydrogen-bond acceptors (Lipinski definition) is 6. The van der Waals surface area contributed by atoms with Crippen LogP contribution in [0.2, 0.25) is 0 Å². The summed E-state index contributed by atoms with van der Waals surface area (Å²) in [6, 6.07) is -0.290. The van der Waals surface area contributed by atoms with Crippen molar-refractivity contribution in [2.24, 2.45) is 0 Å². The number of anilines is 1. The SMILES string of the molecule is CCN(CC)S(=O)(=O)N1CCCCC1c1nc2c(c(NC)n1)CNCC2. The molecule has 2 aliphatic heterocycles. The van der Waals surface area contributed by atoms with Crippen LogP contribution >= 0.6 is 0 Å². The lowest BCUT2D eigenvalue weighted by Crippen LogP contribution is -2.47. The van der Waals surface area contributed by atoms with E-state index < -0.39 is 10.2 Å². The summed E-state index contributed by atoms with van der Waals surface area (Å²) in [5.74, 6) is 1.44. The molecule has 1 saturated heterocycles. The van der Waals surface area contributed by atoms with Gasteiger partial charge in [0.05, 0.1) is 11.7 Å². The maximum absolute atomic E-state index is 13.1. The molecule has 146 valence electrons. The fourth-order valence-corrected chi connectivity index (χ4v) is 5.69. The second-order valence-electron chi connectivity index (χ2n) is 6.75. The second-order valence-corrected chi connectivity index (χ2v) is 8.63. The first-order valence-electron chi connectivity index (χ1n) is 9.58. The summed E-state index contributed by atoms with van der Waals surface area (Å²) in [4.78, 5) is 9.52. The molecule has 3 heterocycles. The highest BCUT2D eigenvalue weighted by atomic mass is 32.2. The molecule has 3 rings (SSSR count). The molecule has 0 radical (unpaired) electrons. The number of nitrogens with zero attached hydrogens (tertiary/aromatic N) is 4. The Balaban J connectivity index is 2.00. The number of nitrogens with one attached hydrogen (secondary N) is 2. The summed E-state index contributed by atoms with van der Waals surface area (Å²) >= 11 is 0. The van der Waals surface area contributed by atoms with Crippen LogP contribution in [0.1, 0.15) is 56.2 Å². The van der Waals surface area contributed by atoms with E-state index in [1.165, 1.54) is 4.31 Å². The third kappa shape index (κ3) is 3.58. The first kappa shape index (κ1) is 19.5. The lowest BCUT2D eigenvalue weighted by atomic mass is 10.0. The van der Waals surface area contributed by atoms with Gasteiger partial charge in [-0.1, -0.05) is 20.3 Å². The summed E-state index contributed by atoms with van der Waals surface area (Å²) in [6.45, 7) is 6.86. The molecule has 1 aromatic rings. The summed E-state index contributed by atoms with van der Waals surface area (Å²) in [5, 5.41) is 6.51. The maximum atomic E-state index is 13.1. The van der Waals surface area contributed by atoms with Crippen molar-refractivity contribution in [2.75, 3.05) is 38.5 Å². The Bertz CT molecular complexity index is 718. The monoisotopic (exact) mass is 382 g/mol. The Morgan fingerprint density at radius 1 is 1.27 bits per heavy atom. The summed E-state index contributed by atoms with van der Waals surface area (Å²) in [6.07, 6.45) is 3.48. The van der Waals surface area contributed by atoms with Crippen LogP contribution in [0, 0.1) is 0 Å². The van der Waals surface area contributed by atoms with Crippen LogP contribution in [-0.4, -0.2) is 60.2 Å². The number of rotatable bonds is 6. The Hall–Kier alpha value is -1.29. The van der Waals surface area contributed by atoms with Crippen molar-refractivity contribution in [3.05, 3.63) is 17.1 Å². The Labute approximate surface area is 156 Å². The predicted molar refractivity (Wildman–Crippen MR) is 102 cm³/mol. The first-order chi connectivity index (χ1) is 12.5. The number of piperidine rings is 1. The van der Waals surface area contributed by atoms with Crippen LogP contribution in [0.25, 0.3) is 0 Å². The maximum Gasteiger partial charge on any atom is 0.282 e. The van der Waals surface area contributed by atoms with Crippen LogP contribution in [0.5, 0.6) is 0 Å². The highest BCUT2D eigenvalue weighted by Crippen LogP contribution is 2.34. The van der Waals surface area contributed by atoms with E-state index in [1.54, 1.807) is 4.31 Å². The van der Waals surface area contributed by atoms with Gasteiger partial charge in [0.15, 0.2) is 0 Å². The van der Waals surface area contributed by atoms with Crippen LogP contribution in [0.15, 0.2) is 0 Å². The molecule has 9 heteroatoms. The zero-order chi connectivity index (χ0) is 18.7. The van der Waals surface area contributed by atoms with Crippen LogP contribution < -0.4 is 10.6 Å². The standard InChI is InChI=1S/C17H30N6O2S/c1-4-22(5-2)26(24,25)23-11-7-6-8-15(23)17-20-14-9-10-19-12-13(14)16(18-3)21-17/h15,19H,4-12H2,1-3H3,(H,18,20,21). The fourth-order valence-electron chi connectivity index (χ4n) is 3.86. The van der Waals surface area contributed by atoms with E-state index in [0.717, 1.165) is 55.8 Å². The minimum Gasteiger partial charge on any atom is -0.373 e. The Morgan fingerprint density at radius 3 is 2.73 bits per heavy atom. The highest BCUT2D eigenvalue weighted by molar-refractivity contribution is 7.86. The van der Waals surface area contributed by atoms with Gasteiger partial charge in [0.1, 0.15) is 11.6 Å². The number of hydrogen-bond donors (Lipinski definition) is 2. The van der Waals surface area contributed by atoms with Gasteiger partial charge in [0, 0.05) is 51.8 Å². The van der Waals surface area contributed by atoms with Crippen molar-refractivity contribution in [2.45, 2.75) is 52.1 Å². The average Bonchev–Trinajstić information content (AvgIpc) is 2.67. The minimum atomic E-state index is -3.51. The van der Waals surface area contributed by atoms with E-state index >= 15 is 0 Å². The Kier molecular flexibility index (Phi) is 6.11. The summed E-state index contributed by atoms with van der Waals surface area (Å²) < 4.78 is 29.4.